The molecule has 2 aromatic heterocycles. The van der Waals surface area contributed by atoms with Crippen LogP contribution in [-0.4, -0.2) is 57.0 Å². The minimum atomic E-state index is -4.48. The Balaban J connectivity index is 0.000000215. The highest BCUT2D eigenvalue weighted by molar-refractivity contribution is 7.80. The van der Waals surface area contributed by atoms with Gasteiger partial charge in [0.15, 0.2) is 0 Å². The molecule has 16 heteroatoms. The largest absolute Gasteiger partial charge is 0.480 e. The highest BCUT2D eigenvalue weighted by Crippen LogP contribution is 2.33. The quantitative estimate of drug-likeness (QED) is 0.116. The summed E-state index contributed by atoms with van der Waals surface area (Å²) < 4.78 is 43.7. The molecular weight excluding hydrogens is 661 g/mol. The van der Waals surface area contributed by atoms with Gasteiger partial charge in [-0.05, 0) is 53.2 Å². The number of ether oxygens (including phenoxy) is 1. The molecule has 0 unspecified atom stereocenters. The van der Waals surface area contributed by atoms with Gasteiger partial charge in [0.2, 0.25) is 0 Å². The number of amides is 2. The van der Waals surface area contributed by atoms with Gasteiger partial charge in [0.05, 0.1) is 5.56 Å². The zero-order valence-corrected chi connectivity index (χ0v) is 25.6. The van der Waals surface area contributed by atoms with Crippen LogP contribution in [0.5, 0.6) is 11.5 Å². The predicted octanol–water partition coefficient (Wildman–Crippen LogP) is 5.49. The van der Waals surface area contributed by atoms with Gasteiger partial charge in [-0.25, -0.2) is 9.97 Å². The standard InChI is InChI=1S/C18H14N2O4S.C13H9F3N2O3S/c21-15(22)10-20-18(23)16-17(25)14-7-6-13(8-11(14)9-19-16)24-12-4-2-1-3-5-12;14-13(15,16)7-1-2-8-6(3-7)4-17-10(11(8)22)12(21)18-5-9(19)20/h1-9,25H,10H2,(H,20,23)(H,21,22);1-4,22H,5H2,(H,18,21)(H,19,20). The molecule has 4 N–H and O–H groups in total. The Morgan fingerprint density at radius 2 is 1.19 bits per heavy atom. The normalized spacial score (nSPS) is 10.9. The van der Waals surface area contributed by atoms with Gasteiger partial charge < -0.3 is 25.6 Å². The molecule has 47 heavy (non-hydrogen) atoms. The number of pyridine rings is 2. The van der Waals surface area contributed by atoms with Crippen molar-refractivity contribution in [2.45, 2.75) is 16.0 Å². The lowest BCUT2D eigenvalue weighted by Gasteiger charge is -2.10. The van der Waals surface area contributed by atoms with Gasteiger partial charge in [-0.2, -0.15) is 13.2 Å². The van der Waals surface area contributed by atoms with E-state index in [0.717, 1.165) is 29.1 Å². The number of halogens is 3. The molecule has 0 fully saturated rings. The Hall–Kier alpha value is -5.35. The Labute approximate surface area is 274 Å². The molecular formula is C31H23F3N4O7S2. The maximum Gasteiger partial charge on any atom is 0.416 e. The number of rotatable bonds is 8. The van der Waals surface area contributed by atoms with Crippen LogP contribution in [0.1, 0.15) is 26.5 Å². The summed E-state index contributed by atoms with van der Waals surface area (Å²) in [6, 6.07) is 17.7. The van der Waals surface area contributed by atoms with Crippen LogP contribution < -0.4 is 15.4 Å². The van der Waals surface area contributed by atoms with E-state index < -0.39 is 48.6 Å². The minimum absolute atomic E-state index is 0.0776. The first-order chi connectivity index (χ1) is 22.2. The number of nitrogens with zero attached hydrogens (tertiary/aromatic N) is 2. The van der Waals surface area contributed by atoms with E-state index in [4.69, 9.17) is 14.9 Å². The van der Waals surface area contributed by atoms with Crippen molar-refractivity contribution in [1.29, 1.82) is 0 Å². The number of hydrogen-bond donors (Lipinski definition) is 6. The Morgan fingerprint density at radius 3 is 1.68 bits per heavy atom. The monoisotopic (exact) mass is 684 g/mol. The third-order valence-corrected chi connectivity index (χ3v) is 7.14. The maximum atomic E-state index is 12.6. The molecule has 2 heterocycles. The second-order valence-electron chi connectivity index (χ2n) is 9.53. The number of aliphatic carboxylic acids is 2. The molecule has 5 aromatic rings. The maximum absolute atomic E-state index is 12.6. The molecule has 242 valence electrons. The van der Waals surface area contributed by atoms with Crippen molar-refractivity contribution in [3.63, 3.8) is 0 Å². The Bertz CT molecular complexity index is 1990. The molecule has 11 nitrogen and oxygen atoms in total. The molecule has 0 spiro atoms. The number of thiol groups is 2. The number of hydrogen-bond acceptors (Lipinski definition) is 9. The molecule has 0 aliphatic carbocycles. The summed E-state index contributed by atoms with van der Waals surface area (Å²) in [5.41, 5.74) is -0.914. The van der Waals surface area contributed by atoms with Crippen LogP contribution in [0.4, 0.5) is 13.2 Å². The zero-order chi connectivity index (χ0) is 34.3. The summed E-state index contributed by atoms with van der Waals surface area (Å²) in [6.07, 6.45) is -1.84. The average molecular weight is 685 g/mol. The van der Waals surface area contributed by atoms with Crippen LogP contribution in [-0.2, 0) is 15.8 Å². The van der Waals surface area contributed by atoms with E-state index in [-0.39, 0.29) is 21.7 Å². The van der Waals surface area contributed by atoms with Crippen LogP contribution in [0.2, 0.25) is 0 Å². The van der Waals surface area contributed by atoms with Crippen molar-refractivity contribution in [3.05, 3.63) is 96.1 Å². The fourth-order valence-corrected chi connectivity index (χ4v) is 4.80. The molecule has 0 saturated carbocycles. The molecule has 3 aromatic carbocycles. The lowest BCUT2D eigenvalue weighted by Crippen LogP contribution is -2.30. The lowest BCUT2D eigenvalue weighted by molar-refractivity contribution is -0.138. The number of alkyl halides is 3. The van der Waals surface area contributed by atoms with Gasteiger partial charge in [0.25, 0.3) is 11.8 Å². The summed E-state index contributed by atoms with van der Waals surface area (Å²) >= 11 is 8.47. The highest BCUT2D eigenvalue weighted by Gasteiger charge is 2.30. The Kier molecular flexibility index (Phi) is 10.9. The van der Waals surface area contributed by atoms with Gasteiger partial charge in [-0.3, -0.25) is 19.2 Å². The van der Waals surface area contributed by atoms with Crippen LogP contribution >= 0.6 is 25.3 Å². The first kappa shape index (κ1) is 34.5. The van der Waals surface area contributed by atoms with E-state index in [1.54, 1.807) is 18.2 Å². The van der Waals surface area contributed by atoms with Crippen molar-refractivity contribution in [1.82, 2.24) is 20.6 Å². The molecule has 0 radical (unpaired) electrons. The zero-order valence-electron chi connectivity index (χ0n) is 23.8. The summed E-state index contributed by atoms with van der Waals surface area (Å²) in [7, 11) is 0. The summed E-state index contributed by atoms with van der Waals surface area (Å²) in [5.74, 6) is -2.36. The third kappa shape index (κ3) is 8.89. The van der Waals surface area contributed by atoms with E-state index in [9.17, 15) is 32.3 Å². The lowest BCUT2D eigenvalue weighted by atomic mass is 10.1. The van der Waals surface area contributed by atoms with Gasteiger partial charge in [0.1, 0.15) is 36.0 Å². The summed E-state index contributed by atoms with van der Waals surface area (Å²) in [4.78, 5) is 53.1. The topological polar surface area (TPSA) is 168 Å². The number of nitrogens with one attached hydrogen (secondary N) is 2. The van der Waals surface area contributed by atoms with Crippen LogP contribution in [0.25, 0.3) is 21.5 Å². The molecule has 0 aliphatic heterocycles. The average Bonchev–Trinajstić information content (AvgIpc) is 3.03. The first-order valence-electron chi connectivity index (χ1n) is 13.3. The van der Waals surface area contributed by atoms with Crippen LogP contribution in [0.15, 0.2) is 88.9 Å². The number of para-hydroxylation sites is 1. The van der Waals surface area contributed by atoms with Crippen LogP contribution in [0.3, 0.4) is 0 Å². The van der Waals surface area contributed by atoms with Crippen molar-refractivity contribution in [2.24, 2.45) is 0 Å². The van der Waals surface area contributed by atoms with Crippen molar-refractivity contribution in [3.8, 4) is 11.5 Å². The van der Waals surface area contributed by atoms with Crippen LogP contribution in [0, 0.1) is 0 Å². The molecule has 0 saturated heterocycles. The smallest absolute Gasteiger partial charge is 0.416 e. The predicted molar refractivity (Wildman–Crippen MR) is 169 cm³/mol. The summed E-state index contributed by atoms with van der Waals surface area (Å²) in [5, 5.41) is 23.5. The van der Waals surface area contributed by atoms with E-state index in [2.05, 4.69) is 45.9 Å². The molecule has 2 amide bonds. The minimum Gasteiger partial charge on any atom is -0.480 e. The number of fused-ring (bicyclic) bond motifs is 2. The molecule has 0 aliphatic rings. The molecule has 0 atom stereocenters. The van der Waals surface area contributed by atoms with Gasteiger partial charge >= 0.3 is 18.1 Å². The van der Waals surface area contributed by atoms with E-state index in [1.165, 1.54) is 12.3 Å². The third-order valence-electron chi connectivity index (χ3n) is 6.24. The van der Waals surface area contributed by atoms with Gasteiger partial charge in [-0.15, -0.1) is 25.3 Å². The van der Waals surface area contributed by atoms with Gasteiger partial charge in [0, 0.05) is 33.0 Å². The fraction of sp³-hybridized carbons (Fsp3) is 0.0968. The highest BCUT2D eigenvalue weighted by atomic mass is 32.1. The second-order valence-corrected chi connectivity index (χ2v) is 10.4. The number of aromatic nitrogens is 2. The van der Waals surface area contributed by atoms with E-state index >= 15 is 0 Å². The second kappa shape index (κ2) is 14.8. The molecule has 5 rings (SSSR count). The first-order valence-corrected chi connectivity index (χ1v) is 14.2. The number of carbonyl (C=O) groups is 4. The van der Waals surface area contributed by atoms with Crippen molar-refractivity contribution < 1.29 is 47.3 Å². The fourth-order valence-electron chi connectivity index (χ4n) is 4.07. The van der Waals surface area contributed by atoms with Crippen molar-refractivity contribution >= 4 is 70.6 Å². The van der Waals surface area contributed by atoms with E-state index in [0.29, 0.717) is 21.8 Å². The molecule has 0 bridgehead atoms. The SMILES string of the molecule is O=C(O)CNC(=O)c1ncc2cc(C(F)(F)F)ccc2c1S.O=C(O)CNC(=O)c1ncc2cc(Oc3ccccc3)ccc2c1S. The number of benzene rings is 3. The summed E-state index contributed by atoms with van der Waals surface area (Å²) in [6.45, 7) is -1.07. The Morgan fingerprint density at radius 1 is 0.702 bits per heavy atom. The number of carboxylic acids is 2. The number of carboxylic acid groups (broad SMARTS) is 2. The van der Waals surface area contributed by atoms with Crippen molar-refractivity contribution in [2.75, 3.05) is 13.1 Å². The van der Waals surface area contributed by atoms with E-state index in [1.807, 2.05) is 30.3 Å². The number of carbonyl (C=O) groups excluding carboxylic acids is 2. The van der Waals surface area contributed by atoms with Gasteiger partial charge in [-0.1, -0.05) is 24.3 Å².